The molecule has 0 bridgehead atoms. The lowest BCUT2D eigenvalue weighted by molar-refractivity contribution is -0.149. The van der Waals surface area contributed by atoms with Crippen LogP contribution in [-0.4, -0.2) is 35.1 Å². The molecule has 2 rings (SSSR count). The minimum Gasteiger partial charge on any atom is -0.480 e. The normalized spacial score (nSPS) is 29.1. The van der Waals surface area contributed by atoms with Gasteiger partial charge >= 0.3 is 5.97 Å². The first-order chi connectivity index (χ1) is 7.88. The fraction of sp³-hybridized carbons (Fsp3) is 0.615. The summed E-state index contributed by atoms with van der Waals surface area (Å²) in [7, 11) is 2.04. The lowest BCUT2D eigenvalue weighted by Gasteiger charge is -2.47. The molecule has 1 atom stereocenters. The van der Waals surface area contributed by atoms with Gasteiger partial charge < -0.3 is 14.4 Å². The van der Waals surface area contributed by atoms with Gasteiger partial charge in [0.25, 0.3) is 0 Å². The Morgan fingerprint density at radius 1 is 1.53 bits per heavy atom. The van der Waals surface area contributed by atoms with E-state index in [0.29, 0.717) is 18.6 Å². The van der Waals surface area contributed by atoms with Gasteiger partial charge in [0.05, 0.1) is 6.26 Å². The molecular formula is C13H19NO3. The Labute approximate surface area is 101 Å². The largest absolute Gasteiger partial charge is 0.480 e. The molecule has 0 amide bonds. The van der Waals surface area contributed by atoms with E-state index < -0.39 is 11.4 Å². The summed E-state index contributed by atoms with van der Waals surface area (Å²) < 4.78 is 5.37. The highest BCUT2D eigenvalue weighted by molar-refractivity contribution is 5.80. The molecule has 1 aliphatic rings. The van der Waals surface area contributed by atoms with Crippen molar-refractivity contribution in [3.8, 4) is 0 Å². The van der Waals surface area contributed by atoms with Gasteiger partial charge in [-0.15, -0.1) is 0 Å². The quantitative estimate of drug-likeness (QED) is 0.856. The summed E-state index contributed by atoms with van der Waals surface area (Å²) in [5, 5.41) is 9.60. The summed E-state index contributed by atoms with van der Waals surface area (Å²) in [5.74, 6) is -0.209. The van der Waals surface area contributed by atoms with Crippen molar-refractivity contribution in [2.45, 2.75) is 37.6 Å². The van der Waals surface area contributed by atoms with Crippen LogP contribution < -0.4 is 0 Å². The van der Waals surface area contributed by atoms with Crippen molar-refractivity contribution >= 4 is 5.97 Å². The predicted molar refractivity (Wildman–Crippen MR) is 64.0 cm³/mol. The third-order valence-electron chi connectivity index (χ3n) is 4.04. The first-order valence-corrected chi connectivity index (χ1v) is 5.87. The second kappa shape index (κ2) is 3.88. The minimum absolute atomic E-state index is 0.135. The summed E-state index contributed by atoms with van der Waals surface area (Å²) >= 11 is 0. The van der Waals surface area contributed by atoms with E-state index in [2.05, 4.69) is 18.7 Å². The van der Waals surface area contributed by atoms with Crippen LogP contribution in [0.5, 0.6) is 0 Å². The molecule has 1 N–H and O–H groups in total. The highest BCUT2D eigenvalue weighted by Crippen LogP contribution is 2.42. The molecule has 4 nitrogen and oxygen atoms in total. The van der Waals surface area contributed by atoms with Crippen molar-refractivity contribution in [3.63, 3.8) is 0 Å². The van der Waals surface area contributed by atoms with Gasteiger partial charge in [0.1, 0.15) is 11.2 Å². The molecule has 0 saturated carbocycles. The Morgan fingerprint density at radius 3 is 2.71 bits per heavy atom. The minimum atomic E-state index is -0.875. The first-order valence-electron chi connectivity index (χ1n) is 5.87. The molecule has 0 radical (unpaired) electrons. The zero-order valence-electron chi connectivity index (χ0n) is 10.6. The Balaban J connectivity index is 2.41. The molecule has 1 fully saturated rings. The maximum absolute atomic E-state index is 11.7. The fourth-order valence-corrected chi connectivity index (χ4v) is 2.67. The number of piperidine rings is 1. The fourth-order valence-electron chi connectivity index (χ4n) is 2.67. The molecule has 2 heterocycles. The maximum atomic E-state index is 11.7. The Morgan fingerprint density at radius 2 is 2.24 bits per heavy atom. The van der Waals surface area contributed by atoms with Crippen LogP contribution in [0, 0.1) is 0 Å². The summed E-state index contributed by atoms with van der Waals surface area (Å²) in [6.07, 6.45) is 2.71. The van der Waals surface area contributed by atoms with E-state index in [1.165, 1.54) is 0 Å². The van der Waals surface area contributed by atoms with Crippen LogP contribution in [0.25, 0.3) is 0 Å². The molecule has 1 saturated heterocycles. The number of carboxylic acids is 1. The van der Waals surface area contributed by atoms with E-state index in [1.54, 1.807) is 18.4 Å². The molecular weight excluding hydrogens is 218 g/mol. The summed E-state index contributed by atoms with van der Waals surface area (Å²) in [5.41, 5.74) is -1.01. The van der Waals surface area contributed by atoms with Gasteiger partial charge in [-0.1, -0.05) is 0 Å². The molecule has 1 aliphatic heterocycles. The third-order valence-corrected chi connectivity index (χ3v) is 4.04. The first kappa shape index (κ1) is 12.2. The van der Waals surface area contributed by atoms with Crippen LogP contribution in [0.1, 0.15) is 32.4 Å². The second-order valence-electron chi connectivity index (χ2n) is 5.53. The number of carbonyl (C=O) groups is 1. The smallest absolute Gasteiger partial charge is 0.317 e. The summed E-state index contributed by atoms with van der Waals surface area (Å²) in [6, 6.07) is 3.53. The highest BCUT2D eigenvalue weighted by atomic mass is 16.4. The molecule has 1 aromatic rings. The van der Waals surface area contributed by atoms with E-state index in [9.17, 15) is 9.90 Å². The maximum Gasteiger partial charge on any atom is 0.317 e. The molecule has 94 valence electrons. The van der Waals surface area contributed by atoms with E-state index >= 15 is 0 Å². The van der Waals surface area contributed by atoms with Gasteiger partial charge in [0.15, 0.2) is 0 Å². The van der Waals surface area contributed by atoms with Crippen LogP contribution >= 0.6 is 0 Å². The van der Waals surface area contributed by atoms with Crippen molar-refractivity contribution in [2.75, 3.05) is 13.6 Å². The van der Waals surface area contributed by atoms with E-state index in [1.807, 2.05) is 7.05 Å². The Kier molecular flexibility index (Phi) is 2.78. The molecule has 0 spiro atoms. The average Bonchev–Trinajstić information content (AvgIpc) is 2.75. The number of nitrogens with zero attached hydrogens (tertiary/aromatic N) is 1. The zero-order valence-corrected chi connectivity index (χ0v) is 10.6. The zero-order chi connectivity index (χ0) is 12.7. The number of hydrogen-bond donors (Lipinski definition) is 1. The van der Waals surface area contributed by atoms with Gasteiger partial charge in [-0.3, -0.25) is 4.79 Å². The monoisotopic (exact) mass is 237 g/mol. The van der Waals surface area contributed by atoms with Crippen molar-refractivity contribution < 1.29 is 14.3 Å². The number of aliphatic carboxylic acids is 1. The van der Waals surface area contributed by atoms with Crippen LogP contribution in [0.4, 0.5) is 0 Å². The van der Waals surface area contributed by atoms with Crippen molar-refractivity contribution in [1.29, 1.82) is 0 Å². The van der Waals surface area contributed by atoms with Gasteiger partial charge in [-0.25, -0.2) is 0 Å². The Hall–Kier alpha value is -1.29. The van der Waals surface area contributed by atoms with Crippen molar-refractivity contribution in [3.05, 3.63) is 24.2 Å². The van der Waals surface area contributed by atoms with Crippen molar-refractivity contribution in [2.24, 2.45) is 0 Å². The van der Waals surface area contributed by atoms with Crippen LogP contribution in [0.3, 0.4) is 0 Å². The van der Waals surface area contributed by atoms with Gasteiger partial charge in [0, 0.05) is 5.54 Å². The number of likely N-dealkylation sites (tertiary alicyclic amines) is 1. The van der Waals surface area contributed by atoms with Crippen LogP contribution in [-0.2, 0) is 10.2 Å². The van der Waals surface area contributed by atoms with Gasteiger partial charge in [-0.05, 0) is 52.4 Å². The topological polar surface area (TPSA) is 53.7 Å². The standard InChI is InChI=1S/C13H19NO3/c1-12(2)9-13(11(15)16,6-7-14(12)3)10-5-4-8-17-10/h4-5,8H,6-7,9H2,1-3H3,(H,15,16). The number of furan rings is 1. The molecule has 0 aromatic carbocycles. The summed E-state index contributed by atoms with van der Waals surface area (Å²) in [4.78, 5) is 13.9. The van der Waals surface area contributed by atoms with Crippen LogP contribution in [0.15, 0.2) is 22.8 Å². The third kappa shape index (κ3) is 1.86. The SMILES string of the molecule is CN1CCC(C(=O)O)(c2ccco2)CC1(C)C. The predicted octanol–water partition coefficient (Wildman–Crippen LogP) is 2.11. The summed E-state index contributed by atoms with van der Waals surface area (Å²) in [6.45, 7) is 4.92. The lowest BCUT2D eigenvalue weighted by atomic mass is 9.69. The Bertz CT molecular complexity index is 410. The van der Waals surface area contributed by atoms with Gasteiger partial charge in [0.2, 0.25) is 0 Å². The average molecular weight is 237 g/mol. The molecule has 0 aliphatic carbocycles. The molecule has 4 heteroatoms. The van der Waals surface area contributed by atoms with Crippen LogP contribution in [0.2, 0.25) is 0 Å². The lowest BCUT2D eigenvalue weighted by Crippen LogP contribution is -2.56. The molecule has 1 aromatic heterocycles. The van der Waals surface area contributed by atoms with E-state index in [0.717, 1.165) is 6.54 Å². The second-order valence-corrected chi connectivity index (χ2v) is 5.53. The number of rotatable bonds is 2. The van der Waals surface area contributed by atoms with E-state index in [-0.39, 0.29) is 5.54 Å². The van der Waals surface area contributed by atoms with Crippen molar-refractivity contribution in [1.82, 2.24) is 4.90 Å². The number of carboxylic acid groups (broad SMARTS) is 1. The van der Waals surface area contributed by atoms with Gasteiger partial charge in [-0.2, -0.15) is 0 Å². The molecule has 17 heavy (non-hydrogen) atoms. The molecule has 1 unspecified atom stereocenters. The number of hydrogen-bond acceptors (Lipinski definition) is 3. The van der Waals surface area contributed by atoms with E-state index in [4.69, 9.17) is 4.42 Å². The highest BCUT2D eigenvalue weighted by Gasteiger charge is 2.50.